The molecule has 16 nitrogen and oxygen atoms in total. The van der Waals surface area contributed by atoms with Gasteiger partial charge in [-0.05, 0) is 68.3 Å². The monoisotopic (exact) mass is 940 g/mol. The van der Waals surface area contributed by atoms with Gasteiger partial charge in [-0.2, -0.15) is 23.1 Å². The number of hydrogen-bond donors (Lipinski definition) is 4. The Bertz CT molecular complexity index is 2530. The predicted octanol–water partition coefficient (Wildman–Crippen LogP) is 9.44. The molecule has 1 atom stereocenters. The molecule has 1 unspecified atom stereocenters. The van der Waals surface area contributed by atoms with E-state index >= 15 is 0 Å². The number of amides is 1. The summed E-state index contributed by atoms with van der Waals surface area (Å²) < 4.78 is 80.9. The Kier molecular flexibility index (Phi) is 11.7. The molecule has 0 radical (unpaired) electrons. The summed E-state index contributed by atoms with van der Waals surface area (Å²) in [6.45, 7) is 0. The van der Waals surface area contributed by atoms with E-state index in [0.29, 0.717) is 56.0 Å². The van der Waals surface area contributed by atoms with Gasteiger partial charge in [-0.3, -0.25) is 4.79 Å². The lowest BCUT2D eigenvalue weighted by atomic mass is 10.2. The molecule has 3 heterocycles. The molecule has 0 saturated carbocycles. The Balaban J connectivity index is 1.20. The van der Waals surface area contributed by atoms with Crippen LogP contribution in [0.2, 0.25) is 0 Å². The number of nitrogen functional groups attached to an aromatic ring is 1. The summed E-state index contributed by atoms with van der Waals surface area (Å²) >= 11 is 6.87. The lowest BCUT2D eigenvalue weighted by Gasteiger charge is -2.18. The second-order valence-corrected chi connectivity index (χ2v) is 13.6. The van der Waals surface area contributed by atoms with Crippen LogP contribution < -0.4 is 54.8 Å². The van der Waals surface area contributed by atoms with E-state index in [1.54, 1.807) is 54.6 Å². The number of alkyl halides is 3. The smallest absolute Gasteiger partial charge is 0.471 e. The number of rotatable bonds is 13. The number of nitrogens with two attached hydrogens (primary N) is 1. The van der Waals surface area contributed by atoms with E-state index in [0.717, 1.165) is 0 Å². The Hall–Kier alpha value is -6.74. The molecule has 0 fully saturated rings. The average Bonchev–Trinajstić information content (AvgIpc) is 3.64. The number of halogens is 5. The average molecular weight is 942 g/mol. The third-order valence-electron chi connectivity index (χ3n) is 8.10. The highest BCUT2D eigenvalue weighted by molar-refractivity contribution is 9.11. The number of benzene rings is 4. The van der Waals surface area contributed by atoms with Crippen molar-refractivity contribution >= 4 is 72.4 Å². The third-order valence-corrected chi connectivity index (χ3v) is 9.38. The fourth-order valence-corrected chi connectivity index (χ4v) is 6.11. The summed E-state index contributed by atoms with van der Waals surface area (Å²) in [5.41, 5.74) is 7.20. The van der Waals surface area contributed by atoms with Gasteiger partial charge in [0.2, 0.25) is 29.4 Å². The van der Waals surface area contributed by atoms with Gasteiger partial charge in [-0.1, -0.05) is 24.3 Å². The van der Waals surface area contributed by atoms with Crippen LogP contribution in [0.1, 0.15) is 12.0 Å². The molecule has 2 aromatic heterocycles. The standard InChI is InChI=1S/C38H29Br2F3N8O8/c1-53-27-15-19(16-28(54-2)31(27)55-3)47-37-49-30(29(40)33(51-37)57-24-11-7-5-9-22(24)48-35(52)38(41,42)43)34-58-25-13-12-18(14-26(25)59-34)46-36-45-17-20(39)32(50-36)56-23-10-6-4-8-21(23)44/h4-17,34H,44H2,1-3H3,(H,48,52)(H,45,46,50)(H,47,49,51). The van der Waals surface area contributed by atoms with Gasteiger partial charge in [-0.15, -0.1) is 0 Å². The number of fused-ring (bicyclic) bond motifs is 1. The van der Waals surface area contributed by atoms with Gasteiger partial charge < -0.3 is 54.8 Å². The van der Waals surface area contributed by atoms with E-state index in [1.807, 2.05) is 5.32 Å². The summed E-state index contributed by atoms with van der Waals surface area (Å²) in [4.78, 5) is 29.8. The Morgan fingerprint density at radius 2 is 1.39 bits per heavy atom. The van der Waals surface area contributed by atoms with Gasteiger partial charge in [-0.25, -0.2) is 9.97 Å². The number of carbonyl (C=O) groups excluding carboxylic acids is 1. The van der Waals surface area contributed by atoms with Crippen molar-refractivity contribution in [2.75, 3.05) is 43.0 Å². The van der Waals surface area contributed by atoms with Crippen LogP contribution in [0.25, 0.3) is 0 Å². The zero-order chi connectivity index (χ0) is 41.8. The second kappa shape index (κ2) is 17.0. The van der Waals surface area contributed by atoms with Gasteiger partial charge in [0.15, 0.2) is 34.5 Å². The van der Waals surface area contributed by atoms with Crippen molar-refractivity contribution in [1.29, 1.82) is 0 Å². The number of nitrogens with zero attached hydrogens (tertiary/aromatic N) is 4. The first-order valence-electron chi connectivity index (χ1n) is 16.9. The highest BCUT2D eigenvalue weighted by Gasteiger charge is 2.39. The first kappa shape index (κ1) is 40.5. The molecule has 4 aromatic carbocycles. The minimum Gasteiger partial charge on any atom is -0.493 e. The van der Waals surface area contributed by atoms with E-state index in [1.165, 1.54) is 51.8 Å². The van der Waals surface area contributed by atoms with Crippen molar-refractivity contribution in [2.24, 2.45) is 0 Å². The molecule has 1 aliphatic heterocycles. The zero-order valence-corrected chi connectivity index (χ0v) is 33.9. The summed E-state index contributed by atoms with van der Waals surface area (Å²) in [6, 6.07) is 20.7. The van der Waals surface area contributed by atoms with E-state index in [9.17, 15) is 18.0 Å². The van der Waals surface area contributed by atoms with Crippen LogP contribution in [-0.4, -0.2) is 53.3 Å². The number of methoxy groups -OCH3 is 3. The van der Waals surface area contributed by atoms with Crippen LogP contribution >= 0.6 is 31.9 Å². The lowest BCUT2D eigenvalue weighted by molar-refractivity contribution is -0.167. The molecule has 1 aliphatic rings. The summed E-state index contributed by atoms with van der Waals surface area (Å²) in [6.07, 6.45) is -4.85. The maximum absolute atomic E-state index is 13.2. The lowest BCUT2D eigenvalue weighted by Crippen LogP contribution is -2.30. The molecule has 59 heavy (non-hydrogen) atoms. The molecular formula is C38H29Br2F3N8O8. The minimum absolute atomic E-state index is 0.0718. The van der Waals surface area contributed by atoms with Crippen LogP contribution in [0.3, 0.4) is 0 Å². The Morgan fingerprint density at radius 3 is 2.08 bits per heavy atom. The van der Waals surface area contributed by atoms with E-state index < -0.39 is 18.4 Å². The maximum atomic E-state index is 13.2. The number of anilines is 6. The molecule has 7 rings (SSSR count). The van der Waals surface area contributed by atoms with Crippen LogP contribution in [0.5, 0.6) is 52.0 Å². The van der Waals surface area contributed by atoms with Crippen molar-refractivity contribution in [3.63, 3.8) is 0 Å². The van der Waals surface area contributed by atoms with Gasteiger partial charge in [0.1, 0.15) is 10.2 Å². The fraction of sp³-hybridized carbons (Fsp3) is 0.132. The van der Waals surface area contributed by atoms with Gasteiger partial charge in [0.25, 0.3) is 6.29 Å². The minimum atomic E-state index is -5.16. The molecule has 0 saturated heterocycles. The summed E-state index contributed by atoms with van der Waals surface area (Å²) in [7, 11) is 4.35. The number of nitrogens with one attached hydrogen (secondary N) is 3. The Morgan fingerprint density at radius 1 is 0.746 bits per heavy atom. The highest BCUT2D eigenvalue weighted by atomic mass is 79.9. The zero-order valence-electron chi connectivity index (χ0n) is 30.7. The number of aromatic nitrogens is 4. The predicted molar refractivity (Wildman–Crippen MR) is 215 cm³/mol. The van der Waals surface area contributed by atoms with Gasteiger partial charge in [0.05, 0.1) is 43.4 Å². The number of ether oxygens (including phenoxy) is 7. The molecule has 21 heteroatoms. The van der Waals surface area contributed by atoms with Crippen LogP contribution in [0, 0.1) is 0 Å². The van der Waals surface area contributed by atoms with E-state index in [-0.39, 0.29) is 45.3 Å². The quantitative estimate of drug-likeness (QED) is 0.0799. The molecule has 0 aliphatic carbocycles. The largest absolute Gasteiger partial charge is 0.493 e. The number of carbonyl (C=O) groups is 1. The van der Waals surface area contributed by atoms with Crippen molar-refractivity contribution in [2.45, 2.75) is 12.5 Å². The highest BCUT2D eigenvalue weighted by Crippen LogP contribution is 2.46. The molecular weight excluding hydrogens is 913 g/mol. The van der Waals surface area contributed by atoms with Crippen molar-refractivity contribution in [3.05, 3.63) is 99.7 Å². The van der Waals surface area contributed by atoms with Crippen LogP contribution in [0.4, 0.5) is 47.8 Å². The maximum Gasteiger partial charge on any atom is 0.471 e. The van der Waals surface area contributed by atoms with Gasteiger partial charge in [0, 0.05) is 29.6 Å². The summed E-state index contributed by atoms with van der Waals surface area (Å²) in [5.74, 6) is -0.189. The molecule has 5 N–H and O–H groups in total. The van der Waals surface area contributed by atoms with Crippen LogP contribution in [0.15, 0.2) is 94.0 Å². The molecule has 6 aromatic rings. The molecule has 0 spiro atoms. The summed E-state index contributed by atoms with van der Waals surface area (Å²) in [5, 5.41) is 7.99. The Labute approximate surface area is 349 Å². The number of para-hydroxylation sites is 4. The topological polar surface area (TPSA) is 195 Å². The van der Waals surface area contributed by atoms with Gasteiger partial charge >= 0.3 is 12.1 Å². The number of hydrogen-bond acceptors (Lipinski definition) is 15. The van der Waals surface area contributed by atoms with E-state index in [2.05, 4.69) is 62.4 Å². The SMILES string of the molecule is COc1cc(Nc2nc(Oc3ccccc3NC(=O)C(F)(F)F)c(Br)c(C3Oc4ccc(Nc5ncc(Br)c(Oc6ccccc6N)n5)cc4O3)n2)cc(OC)c1OC. The van der Waals surface area contributed by atoms with Crippen molar-refractivity contribution in [3.8, 4) is 52.0 Å². The van der Waals surface area contributed by atoms with E-state index in [4.69, 9.17) is 38.9 Å². The first-order chi connectivity index (χ1) is 28.3. The first-order valence-corrected chi connectivity index (χ1v) is 18.5. The van der Waals surface area contributed by atoms with Crippen LogP contribution in [-0.2, 0) is 4.79 Å². The molecule has 304 valence electrons. The second-order valence-electron chi connectivity index (χ2n) is 12.0. The van der Waals surface area contributed by atoms with Crippen molar-refractivity contribution in [1.82, 2.24) is 19.9 Å². The third kappa shape index (κ3) is 9.05. The van der Waals surface area contributed by atoms with Crippen molar-refractivity contribution < 1.29 is 51.1 Å². The normalized spacial score (nSPS) is 13.0. The molecule has 1 amide bonds. The fourth-order valence-electron chi connectivity index (χ4n) is 5.39. The molecule has 0 bridgehead atoms.